The van der Waals surface area contributed by atoms with Gasteiger partial charge in [0, 0.05) is 24.5 Å². The third kappa shape index (κ3) is 3.84. The van der Waals surface area contributed by atoms with E-state index in [1.807, 2.05) is 25.1 Å². The van der Waals surface area contributed by atoms with Crippen LogP contribution in [0.4, 0.5) is 5.69 Å². The molecule has 3 aromatic rings. The summed E-state index contributed by atoms with van der Waals surface area (Å²) in [7, 11) is 0. The maximum Gasteiger partial charge on any atom is 0.325 e. The van der Waals surface area contributed by atoms with Crippen LogP contribution in [0.5, 0.6) is 5.75 Å². The van der Waals surface area contributed by atoms with Gasteiger partial charge in [0.1, 0.15) is 5.75 Å². The summed E-state index contributed by atoms with van der Waals surface area (Å²) in [5.74, 6) is 0.523. The Balaban J connectivity index is 1.96. The highest BCUT2D eigenvalue weighted by molar-refractivity contribution is 7.99. The van der Waals surface area contributed by atoms with Crippen LogP contribution in [0.3, 0.4) is 0 Å². The lowest BCUT2D eigenvalue weighted by Crippen LogP contribution is -2.60. The number of aromatic nitrogens is 3. The van der Waals surface area contributed by atoms with Crippen molar-refractivity contribution < 1.29 is 19.0 Å². The first-order valence-corrected chi connectivity index (χ1v) is 10.8. The first-order valence-electron chi connectivity index (χ1n) is 9.77. The van der Waals surface area contributed by atoms with Crippen molar-refractivity contribution >= 4 is 29.3 Å². The van der Waals surface area contributed by atoms with Gasteiger partial charge in [-0.15, -0.1) is 0 Å². The highest BCUT2D eigenvalue weighted by Crippen LogP contribution is 2.37. The van der Waals surface area contributed by atoms with Gasteiger partial charge in [0.15, 0.2) is 0 Å². The van der Waals surface area contributed by atoms with E-state index < -0.39 is 12.1 Å². The van der Waals surface area contributed by atoms with Gasteiger partial charge >= 0.3 is 17.2 Å². The molecule has 1 unspecified atom stereocenters. The average molecular weight is 438 g/mol. The van der Waals surface area contributed by atoms with Crippen LogP contribution >= 0.6 is 11.8 Å². The van der Waals surface area contributed by atoms with Crippen LogP contribution in [-0.4, -0.2) is 27.7 Å². The molecule has 0 radical (unpaired) electrons. The van der Waals surface area contributed by atoms with E-state index in [9.17, 15) is 14.4 Å². The van der Waals surface area contributed by atoms with Gasteiger partial charge < -0.3 is 4.74 Å². The molecule has 2 heterocycles. The predicted octanol–water partition coefficient (Wildman–Crippen LogP) is 2.68. The van der Waals surface area contributed by atoms with Gasteiger partial charge in [0.25, 0.3) is 6.17 Å². The Hall–Kier alpha value is -3.46. The number of carbonyl (C=O) groups is 2. The third-order valence-electron chi connectivity index (χ3n) is 4.82. The summed E-state index contributed by atoms with van der Waals surface area (Å²) in [4.78, 5) is 41.6. The quantitative estimate of drug-likeness (QED) is 0.292. The normalized spacial score (nSPS) is 14.5. The van der Waals surface area contributed by atoms with Crippen LogP contribution in [0.25, 0.3) is 11.3 Å². The summed E-state index contributed by atoms with van der Waals surface area (Å²) in [5.41, 5.74) is 2.09. The molecule has 31 heavy (non-hydrogen) atoms. The van der Waals surface area contributed by atoms with Crippen molar-refractivity contribution in [3.8, 4) is 17.0 Å². The lowest BCUT2D eigenvalue weighted by atomic mass is 10.0. The summed E-state index contributed by atoms with van der Waals surface area (Å²) < 4.78 is 6.73. The smallest absolute Gasteiger partial charge is 0.325 e. The summed E-state index contributed by atoms with van der Waals surface area (Å²) in [5, 5.41) is 5.14. The van der Waals surface area contributed by atoms with Crippen LogP contribution in [0, 0.1) is 0 Å². The minimum atomic E-state index is -0.674. The average Bonchev–Trinajstić information content (AvgIpc) is 2.73. The molecule has 8 nitrogen and oxygen atoms in total. The van der Waals surface area contributed by atoms with Crippen molar-refractivity contribution in [2.45, 2.75) is 32.1 Å². The number of hydrogen-bond acceptors (Lipinski definition) is 6. The van der Waals surface area contributed by atoms with Crippen LogP contribution in [0.2, 0.25) is 0 Å². The number of fused-ring (bicyclic) bond motifs is 3. The molecule has 1 aliphatic rings. The second-order valence-corrected chi connectivity index (χ2v) is 8.18. The van der Waals surface area contributed by atoms with Crippen molar-refractivity contribution in [3.05, 3.63) is 64.4 Å². The first kappa shape index (κ1) is 20.8. The molecule has 1 amide bonds. The van der Waals surface area contributed by atoms with Crippen molar-refractivity contribution in [2.24, 2.45) is 0 Å². The van der Waals surface area contributed by atoms with Crippen molar-refractivity contribution in [1.82, 2.24) is 10.1 Å². The molecule has 0 saturated carbocycles. The van der Waals surface area contributed by atoms with Gasteiger partial charge in [0.2, 0.25) is 11.1 Å². The lowest BCUT2D eigenvalue weighted by Gasteiger charge is -2.31. The number of H-pyrrole nitrogens is 1. The molecular weight excluding hydrogens is 416 g/mol. The Morgan fingerprint density at radius 2 is 1.87 bits per heavy atom. The van der Waals surface area contributed by atoms with E-state index in [1.165, 1.54) is 25.6 Å². The Kier molecular flexibility index (Phi) is 5.60. The zero-order valence-corrected chi connectivity index (χ0v) is 18.1. The molecule has 1 atom stereocenters. The first-order chi connectivity index (χ1) is 14.9. The molecule has 4 rings (SSSR count). The summed E-state index contributed by atoms with van der Waals surface area (Å²) >= 11 is 1.41. The number of ether oxygens (including phenoxy) is 1. The number of para-hydroxylation sites is 1. The summed E-state index contributed by atoms with van der Waals surface area (Å²) in [6, 6.07) is 14.1. The van der Waals surface area contributed by atoms with E-state index in [0.29, 0.717) is 27.9 Å². The zero-order chi connectivity index (χ0) is 22.1. The minimum absolute atomic E-state index is 0.188. The van der Waals surface area contributed by atoms with E-state index >= 15 is 0 Å². The SMILES string of the molecule is CCSc1n[n+]2c(c(=O)[nH]1)-c1ccccc1N(C(C)=O)C2c1ccc(OC(C)=O)cc1. The number of hydrogen-bond donors (Lipinski definition) is 1. The topological polar surface area (TPSA) is 96.2 Å². The zero-order valence-electron chi connectivity index (χ0n) is 17.3. The maximum absolute atomic E-state index is 13.1. The van der Waals surface area contributed by atoms with Crippen LogP contribution < -0.4 is 19.9 Å². The molecule has 0 bridgehead atoms. The molecule has 1 N–H and O–H groups in total. The van der Waals surface area contributed by atoms with Gasteiger partial charge in [0.05, 0.1) is 11.3 Å². The van der Waals surface area contributed by atoms with Crippen LogP contribution in [-0.2, 0) is 9.59 Å². The van der Waals surface area contributed by atoms with E-state index in [4.69, 9.17) is 4.74 Å². The molecule has 0 aliphatic carbocycles. The Labute approximate surface area is 182 Å². The van der Waals surface area contributed by atoms with Gasteiger partial charge in [-0.2, -0.15) is 0 Å². The monoisotopic (exact) mass is 437 g/mol. The number of aromatic amines is 1. The molecule has 0 saturated heterocycles. The van der Waals surface area contributed by atoms with E-state index in [1.54, 1.807) is 39.9 Å². The Morgan fingerprint density at radius 3 is 2.52 bits per heavy atom. The van der Waals surface area contributed by atoms with E-state index in [0.717, 1.165) is 11.3 Å². The molecule has 1 aliphatic heterocycles. The van der Waals surface area contributed by atoms with Crippen LogP contribution in [0.1, 0.15) is 32.5 Å². The van der Waals surface area contributed by atoms with Gasteiger partial charge in [-0.1, -0.05) is 30.8 Å². The third-order valence-corrected chi connectivity index (χ3v) is 5.56. The van der Waals surface area contributed by atoms with E-state index in [-0.39, 0.29) is 11.5 Å². The molecule has 0 spiro atoms. The summed E-state index contributed by atoms with van der Waals surface area (Å²) in [6.45, 7) is 4.79. The Bertz CT molecular complexity index is 1220. The standard InChI is InChI=1S/C22H20N4O4S/c1-4-31-22-23-20(29)19-17-7-5-6-8-18(17)25(13(2)27)21(26(19)24-22)15-9-11-16(12-10-15)30-14(3)28/h5-12,21H,4H2,1-3H3/p+1. The predicted molar refractivity (Wildman–Crippen MR) is 116 cm³/mol. The molecule has 158 valence electrons. The van der Waals surface area contributed by atoms with Gasteiger partial charge in [-0.05, 0) is 46.8 Å². The van der Waals surface area contributed by atoms with Crippen molar-refractivity contribution in [2.75, 3.05) is 10.7 Å². The molecule has 2 aromatic carbocycles. The number of carbonyl (C=O) groups excluding carboxylic acids is 2. The molecule has 1 aromatic heterocycles. The fourth-order valence-electron chi connectivity index (χ4n) is 3.69. The second kappa shape index (κ2) is 8.35. The lowest BCUT2D eigenvalue weighted by molar-refractivity contribution is -0.763. The second-order valence-electron chi connectivity index (χ2n) is 6.93. The maximum atomic E-state index is 13.1. The van der Waals surface area contributed by atoms with Crippen LogP contribution in [0.15, 0.2) is 58.5 Å². The number of thioether (sulfide) groups is 1. The Morgan fingerprint density at radius 1 is 1.16 bits per heavy atom. The number of benzene rings is 2. The highest BCUT2D eigenvalue weighted by Gasteiger charge is 2.44. The van der Waals surface area contributed by atoms with Crippen molar-refractivity contribution in [1.29, 1.82) is 0 Å². The number of esters is 1. The van der Waals surface area contributed by atoms with E-state index in [2.05, 4.69) is 10.1 Å². The molecule has 9 heteroatoms. The number of nitrogens with zero attached hydrogens (tertiary/aromatic N) is 3. The summed E-state index contributed by atoms with van der Waals surface area (Å²) in [6.07, 6.45) is -0.674. The van der Waals surface area contributed by atoms with Gasteiger partial charge in [-0.25, -0.2) is 4.90 Å². The van der Waals surface area contributed by atoms with Gasteiger partial charge in [-0.3, -0.25) is 19.4 Å². The minimum Gasteiger partial charge on any atom is -0.427 e. The van der Waals surface area contributed by atoms with Crippen molar-refractivity contribution in [3.63, 3.8) is 0 Å². The number of rotatable bonds is 4. The molecular formula is C22H21N4O4S+. The highest BCUT2D eigenvalue weighted by atomic mass is 32.2. The number of anilines is 1. The number of nitrogens with one attached hydrogen (secondary N) is 1. The fourth-order valence-corrected chi connectivity index (χ4v) is 4.27. The number of amides is 1. The largest absolute Gasteiger partial charge is 0.427 e. The molecule has 0 fully saturated rings. The fraction of sp³-hybridized carbons (Fsp3) is 0.227.